The van der Waals surface area contributed by atoms with E-state index in [1.807, 2.05) is 25.1 Å². The van der Waals surface area contributed by atoms with Crippen molar-refractivity contribution in [3.05, 3.63) is 60.4 Å². The molecule has 1 heterocycles. The molecule has 0 spiro atoms. The third-order valence-corrected chi connectivity index (χ3v) is 2.41. The molecule has 1 aromatic heterocycles. The summed E-state index contributed by atoms with van der Waals surface area (Å²) in [7, 11) is 0. The second-order valence-electron chi connectivity index (χ2n) is 3.67. The summed E-state index contributed by atoms with van der Waals surface area (Å²) in [5.74, 6) is 0.587. The fourth-order valence-electron chi connectivity index (χ4n) is 1.49. The van der Waals surface area contributed by atoms with E-state index >= 15 is 0 Å². The molecular formula is C14H12N2O. The lowest BCUT2D eigenvalue weighted by Crippen LogP contribution is -1.94. The van der Waals surface area contributed by atoms with Crippen molar-refractivity contribution in [3.63, 3.8) is 0 Å². The van der Waals surface area contributed by atoms with Crippen molar-refractivity contribution in [2.75, 3.05) is 0 Å². The molecule has 2 aromatic rings. The summed E-state index contributed by atoms with van der Waals surface area (Å²) in [6.45, 7) is 5.37. The molecular weight excluding hydrogens is 212 g/mol. The zero-order valence-electron chi connectivity index (χ0n) is 9.55. The minimum Gasteiger partial charge on any atom is -0.289 e. The van der Waals surface area contributed by atoms with Crippen LogP contribution in [0, 0.1) is 6.92 Å². The van der Waals surface area contributed by atoms with Gasteiger partial charge >= 0.3 is 0 Å². The Bertz CT molecular complexity index is 559. The van der Waals surface area contributed by atoms with Crippen LogP contribution in [-0.2, 0) is 0 Å². The van der Waals surface area contributed by atoms with Gasteiger partial charge in [0.15, 0.2) is 11.6 Å². The van der Waals surface area contributed by atoms with Gasteiger partial charge in [0.2, 0.25) is 0 Å². The minimum absolute atomic E-state index is 0.0817. The first kappa shape index (κ1) is 11.2. The number of aryl methyl sites for hydroxylation is 1. The van der Waals surface area contributed by atoms with Crippen molar-refractivity contribution in [1.29, 1.82) is 0 Å². The van der Waals surface area contributed by atoms with E-state index in [-0.39, 0.29) is 5.78 Å². The maximum atomic E-state index is 11.4. The quantitative estimate of drug-likeness (QED) is 0.594. The molecule has 0 bridgehead atoms. The molecule has 84 valence electrons. The van der Waals surface area contributed by atoms with E-state index in [9.17, 15) is 4.79 Å². The smallest absolute Gasteiger partial charge is 0.185 e. The highest BCUT2D eigenvalue weighted by molar-refractivity contribution is 6.04. The van der Waals surface area contributed by atoms with Gasteiger partial charge in [-0.2, -0.15) is 0 Å². The van der Waals surface area contributed by atoms with Crippen LogP contribution in [0.15, 0.2) is 49.2 Å². The molecule has 0 atom stereocenters. The van der Waals surface area contributed by atoms with E-state index < -0.39 is 0 Å². The number of carbonyl (C=O) groups excluding carboxylic acids is 1. The monoisotopic (exact) mass is 224 g/mol. The molecule has 3 heteroatoms. The molecule has 0 aliphatic heterocycles. The largest absolute Gasteiger partial charge is 0.289 e. The van der Waals surface area contributed by atoms with Crippen LogP contribution in [0.25, 0.3) is 11.4 Å². The van der Waals surface area contributed by atoms with Gasteiger partial charge in [0.1, 0.15) is 0 Å². The molecule has 0 aliphatic carbocycles. The summed E-state index contributed by atoms with van der Waals surface area (Å²) < 4.78 is 0. The predicted octanol–water partition coefficient (Wildman–Crippen LogP) is 2.82. The van der Waals surface area contributed by atoms with Crippen molar-refractivity contribution >= 4 is 5.78 Å². The minimum atomic E-state index is -0.0817. The van der Waals surface area contributed by atoms with Crippen molar-refractivity contribution in [2.45, 2.75) is 6.92 Å². The van der Waals surface area contributed by atoms with Gasteiger partial charge < -0.3 is 0 Å². The zero-order chi connectivity index (χ0) is 12.3. The number of ketones is 1. The number of nitrogens with zero attached hydrogens (tertiary/aromatic N) is 2. The molecule has 3 nitrogen and oxygen atoms in total. The molecule has 17 heavy (non-hydrogen) atoms. The SMILES string of the molecule is C=CC(=O)c1ccc(-c2nccc(C)n2)cc1. The lowest BCUT2D eigenvalue weighted by Gasteiger charge is -2.01. The summed E-state index contributed by atoms with van der Waals surface area (Å²) in [5.41, 5.74) is 2.44. The first-order valence-electron chi connectivity index (χ1n) is 5.27. The van der Waals surface area contributed by atoms with Crippen LogP contribution in [-0.4, -0.2) is 15.8 Å². The van der Waals surface area contributed by atoms with Gasteiger partial charge in [0, 0.05) is 23.0 Å². The van der Waals surface area contributed by atoms with E-state index in [0.29, 0.717) is 11.4 Å². The molecule has 0 unspecified atom stereocenters. The average Bonchev–Trinajstić information content (AvgIpc) is 2.38. The van der Waals surface area contributed by atoms with Gasteiger partial charge in [-0.05, 0) is 19.1 Å². The number of hydrogen-bond acceptors (Lipinski definition) is 3. The lowest BCUT2D eigenvalue weighted by molar-refractivity contribution is 0.104. The summed E-state index contributed by atoms with van der Waals surface area (Å²) in [6.07, 6.45) is 3.03. The first-order chi connectivity index (χ1) is 8.20. The van der Waals surface area contributed by atoms with Crippen LogP contribution < -0.4 is 0 Å². The van der Waals surface area contributed by atoms with E-state index in [4.69, 9.17) is 0 Å². The van der Waals surface area contributed by atoms with Crippen LogP contribution in [0.2, 0.25) is 0 Å². The van der Waals surface area contributed by atoms with E-state index in [0.717, 1.165) is 11.3 Å². The van der Waals surface area contributed by atoms with Crippen LogP contribution in [0.1, 0.15) is 16.1 Å². The Morgan fingerprint density at radius 2 is 1.94 bits per heavy atom. The topological polar surface area (TPSA) is 42.9 Å². The number of aromatic nitrogens is 2. The van der Waals surface area contributed by atoms with Gasteiger partial charge in [-0.3, -0.25) is 4.79 Å². The number of allylic oxidation sites excluding steroid dienone is 1. The van der Waals surface area contributed by atoms with Gasteiger partial charge in [-0.15, -0.1) is 0 Å². The highest BCUT2D eigenvalue weighted by atomic mass is 16.1. The van der Waals surface area contributed by atoms with Crippen LogP contribution in [0.5, 0.6) is 0 Å². The molecule has 1 aromatic carbocycles. The maximum Gasteiger partial charge on any atom is 0.185 e. The Hall–Kier alpha value is -2.29. The fourth-order valence-corrected chi connectivity index (χ4v) is 1.49. The number of rotatable bonds is 3. The van der Waals surface area contributed by atoms with Gasteiger partial charge in [-0.25, -0.2) is 9.97 Å². The van der Waals surface area contributed by atoms with Gasteiger partial charge in [0.25, 0.3) is 0 Å². The molecule has 0 aliphatic rings. The second kappa shape index (κ2) is 4.70. The highest BCUT2D eigenvalue weighted by Gasteiger charge is 2.04. The number of carbonyl (C=O) groups is 1. The van der Waals surface area contributed by atoms with Crippen LogP contribution in [0.3, 0.4) is 0 Å². The van der Waals surface area contributed by atoms with Crippen LogP contribution in [0.4, 0.5) is 0 Å². The molecule has 0 N–H and O–H groups in total. The fraction of sp³-hybridized carbons (Fsp3) is 0.0714. The molecule has 0 saturated carbocycles. The third kappa shape index (κ3) is 2.45. The first-order valence-corrected chi connectivity index (χ1v) is 5.27. The average molecular weight is 224 g/mol. The summed E-state index contributed by atoms with van der Waals surface area (Å²) >= 11 is 0. The lowest BCUT2D eigenvalue weighted by atomic mass is 10.1. The van der Waals surface area contributed by atoms with E-state index in [2.05, 4.69) is 16.5 Å². The molecule has 0 saturated heterocycles. The van der Waals surface area contributed by atoms with Gasteiger partial charge in [0.05, 0.1) is 0 Å². The Balaban J connectivity index is 2.35. The highest BCUT2D eigenvalue weighted by Crippen LogP contribution is 2.15. The number of hydrogen-bond donors (Lipinski definition) is 0. The Morgan fingerprint density at radius 1 is 1.24 bits per heavy atom. The normalized spacial score (nSPS) is 9.94. The summed E-state index contributed by atoms with van der Waals surface area (Å²) in [5, 5.41) is 0. The Kier molecular flexibility index (Phi) is 3.10. The van der Waals surface area contributed by atoms with Crippen molar-refractivity contribution in [1.82, 2.24) is 9.97 Å². The molecule has 0 radical (unpaired) electrons. The second-order valence-corrected chi connectivity index (χ2v) is 3.67. The molecule has 2 rings (SSSR count). The Labute approximate surface area is 99.9 Å². The molecule has 0 amide bonds. The van der Waals surface area contributed by atoms with Crippen molar-refractivity contribution in [3.8, 4) is 11.4 Å². The Morgan fingerprint density at radius 3 is 2.53 bits per heavy atom. The summed E-state index contributed by atoms with van der Waals surface area (Å²) in [4.78, 5) is 19.9. The van der Waals surface area contributed by atoms with E-state index in [1.165, 1.54) is 6.08 Å². The van der Waals surface area contributed by atoms with Crippen LogP contribution >= 0.6 is 0 Å². The third-order valence-electron chi connectivity index (χ3n) is 2.41. The number of benzene rings is 1. The van der Waals surface area contributed by atoms with Crippen molar-refractivity contribution < 1.29 is 4.79 Å². The standard InChI is InChI=1S/C14H12N2O/c1-3-13(17)11-4-6-12(7-5-11)14-15-9-8-10(2)16-14/h3-9H,1H2,2H3. The van der Waals surface area contributed by atoms with Gasteiger partial charge in [-0.1, -0.05) is 30.8 Å². The van der Waals surface area contributed by atoms with Crippen molar-refractivity contribution in [2.24, 2.45) is 0 Å². The van der Waals surface area contributed by atoms with E-state index in [1.54, 1.807) is 18.3 Å². The predicted molar refractivity (Wildman–Crippen MR) is 66.7 cm³/mol. The molecule has 0 fully saturated rings. The maximum absolute atomic E-state index is 11.4. The summed E-state index contributed by atoms with van der Waals surface area (Å²) in [6, 6.07) is 9.03. The zero-order valence-corrected chi connectivity index (χ0v) is 9.55.